The van der Waals surface area contributed by atoms with Gasteiger partial charge >= 0.3 is 139 Å². The van der Waals surface area contributed by atoms with Crippen LogP contribution in [-0.4, -0.2) is 243 Å². The SMILES string of the molecule is O=S(=O)=O.O=S(=O)=O.[CH2-]NCC[C@@H]1NC(=O)[C@@H](NC(=O)[C@@H](CN[CH2-])CC(=O)[C@@H](NC(=O)[C@H](CCNCS(=O)(=O)[O-])CC(=O)c2ccnc(-c3cccc(Cl)c3)c2)[C@@H](C)O)CCNC(=O)[C@H]([C@@H](C)O)NC(=O)[C@H](CCNCS(=O)(=O)[O-])NC(=O)[C@H](CCNCC)NC(=O)[C@H]([C@@H](C)CC)CC(=O)[C@@H](Cc2ccccc2)NC1=O.[Na+].[Na+].[Na+].[Na+]. The van der Waals surface area contributed by atoms with Gasteiger partial charge in [0.25, 0.3) is 0 Å². The molecule has 0 aliphatic carbocycles. The summed E-state index contributed by atoms with van der Waals surface area (Å²) in [6.07, 6.45) is -5.23. The summed E-state index contributed by atoms with van der Waals surface area (Å²) in [4.78, 5) is 164. The van der Waals surface area contributed by atoms with Crippen LogP contribution in [0.1, 0.15) is 108 Å². The van der Waals surface area contributed by atoms with Gasteiger partial charge in [0.15, 0.2) is 17.3 Å². The fourth-order valence-corrected chi connectivity index (χ4v) is 12.0. The molecule has 1 saturated heterocycles. The normalized spacial score (nSPS) is 19.5. The van der Waals surface area contributed by atoms with Crippen LogP contribution in [0.2, 0.25) is 5.02 Å². The molecule has 0 bridgehead atoms. The second-order valence-corrected chi connectivity index (χ2v) is 29.7. The summed E-state index contributed by atoms with van der Waals surface area (Å²) < 4.78 is 120. The second-order valence-electron chi connectivity index (χ2n) is 25.6. The predicted molar refractivity (Wildman–Crippen MR) is 396 cm³/mol. The van der Waals surface area contributed by atoms with Crippen molar-refractivity contribution in [3.8, 4) is 11.3 Å². The number of hydrogen-bond donors (Lipinski definition) is 15. The topological polar surface area (TPSA) is 614 Å². The molecule has 2 heterocycles. The maximum Gasteiger partial charge on any atom is 1.00 e. The van der Waals surface area contributed by atoms with Crippen LogP contribution in [0, 0.1) is 37.8 Å². The molecule has 2 aromatic carbocycles. The fraction of sp³-hybridized carbons (Fsp3) is 0.552. The standard InChI is InChI=1S/C67H99ClN14O19S2.4Na.2O3S/c1-8-39(3)48-35-56(86)54(30-42-14-11-10-12-15-42)80-65(93)49(20-24-69-6)78-64(92)52(23-29-75-67(95)59(41(5)84)82-66(94)51(22-27-73-38-103(99,100)101)79-63(91)50(77-62(48)90)21-26-71-9-2)76-61(89)46(36-70-7)34-57(87)58(40(4)83)81-60(88)45(18-25-72-37-102(96,97)98)33-55(85)44-19-28-74-53(32-44)43-16-13-17-47(68)31-43;;;;;2*1-4(2)3/h10-17,19,28,31-32,39-41,45-46,48-52,54,58-59,69-73,83-84H,6-9,18,20-27,29-30,33-38H2,1-5H3,(H,75,95)(H,76,89)(H,77,90)(H,78,92)(H,79,91)(H,80,93)(H,81,88)(H,82,94)(H,96,97,98)(H,99,100,101);;;;;;/q-2;4*+1;;/p-2/t39-,40+,41+,45+,46+,48-,49-,50-,51-,52-,54+,58-,59-;;;;;;/m0....../s1. The number of ketones is 3. The average molecular weight is 1750 g/mol. The summed E-state index contributed by atoms with van der Waals surface area (Å²) in [5.74, 6) is -16.8. The zero-order valence-corrected chi connectivity index (χ0v) is 77.5. The summed E-state index contributed by atoms with van der Waals surface area (Å²) in [5.41, 5.74) is 1.59. The first-order valence-electron chi connectivity index (χ1n) is 34.8. The van der Waals surface area contributed by atoms with E-state index in [1.165, 1.54) is 18.3 Å². The van der Waals surface area contributed by atoms with Crippen molar-refractivity contribution < 1.29 is 232 Å². The van der Waals surface area contributed by atoms with E-state index in [0.29, 0.717) is 34.8 Å². The Kier molecular flexibility index (Phi) is 60.6. The van der Waals surface area contributed by atoms with Crippen molar-refractivity contribution in [3.63, 3.8) is 0 Å². The molecule has 3 aromatic rings. The maximum absolute atomic E-state index is 14.9. The first-order chi connectivity index (χ1) is 52.1. The van der Waals surface area contributed by atoms with E-state index in [1.54, 1.807) is 75.4 Å². The van der Waals surface area contributed by atoms with Crippen molar-refractivity contribution in [1.29, 1.82) is 0 Å². The number of rotatable bonds is 36. The maximum atomic E-state index is 14.9. The van der Waals surface area contributed by atoms with Crippen molar-refractivity contribution >= 4 is 118 Å². The molecule has 115 heavy (non-hydrogen) atoms. The molecule has 1 aliphatic heterocycles. The summed E-state index contributed by atoms with van der Waals surface area (Å²) in [5, 5.41) is 56.0. The first kappa shape index (κ1) is 115. The molecule has 1 aromatic heterocycles. The van der Waals surface area contributed by atoms with Crippen LogP contribution in [0.3, 0.4) is 0 Å². The molecule has 0 unspecified atom stereocenters. The Balaban J connectivity index is -0.00000995. The van der Waals surface area contributed by atoms with E-state index in [4.69, 9.17) is 36.9 Å². The van der Waals surface area contributed by atoms with Gasteiger partial charge in [-0.25, -0.2) is 16.8 Å². The minimum Gasteiger partial charge on any atom is -0.747 e. The Morgan fingerprint density at radius 2 is 1.17 bits per heavy atom. The van der Waals surface area contributed by atoms with Gasteiger partial charge in [0.05, 0.1) is 41.6 Å². The third-order valence-corrected chi connectivity index (χ3v) is 18.4. The number of carbonyl (C=O) groups excluding carboxylic acids is 11. The number of benzene rings is 2. The molecule has 1 aliphatic rings. The number of halogens is 1. The van der Waals surface area contributed by atoms with Crippen LogP contribution in [0.15, 0.2) is 72.9 Å². The van der Waals surface area contributed by atoms with Gasteiger partial charge in [0.1, 0.15) is 56.5 Å². The van der Waals surface area contributed by atoms with Crippen LogP contribution < -0.4 is 187 Å². The molecule has 0 spiro atoms. The monoisotopic (exact) mass is 1750 g/mol. The second kappa shape index (κ2) is 60.8. The first-order valence-corrected chi connectivity index (χ1v) is 40.3. The molecule has 48 heteroatoms. The van der Waals surface area contributed by atoms with Crippen molar-refractivity contribution in [2.75, 3.05) is 57.6 Å². The van der Waals surface area contributed by atoms with Gasteiger partial charge in [-0.3, -0.25) is 71.8 Å². The smallest absolute Gasteiger partial charge is 0.747 e. The van der Waals surface area contributed by atoms with Crippen molar-refractivity contribution in [1.82, 2.24) is 74.1 Å². The minimum atomic E-state index is -4.83. The average Bonchev–Trinajstić information content (AvgIpc) is 1.12. The predicted octanol–water partition coefficient (Wildman–Crippen LogP) is -16.2. The molecule has 4 rings (SSSR count). The summed E-state index contributed by atoms with van der Waals surface area (Å²) in [7, 11) is -8.63. The Bertz CT molecular complexity index is 4070. The van der Waals surface area contributed by atoms with Crippen LogP contribution in [0.25, 0.3) is 11.3 Å². The molecule has 1 fully saturated rings. The van der Waals surface area contributed by atoms with Gasteiger partial charge in [-0.1, -0.05) is 81.3 Å². The molecule has 620 valence electrons. The third-order valence-electron chi connectivity index (χ3n) is 17.1. The van der Waals surface area contributed by atoms with Crippen molar-refractivity contribution in [3.05, 3.63) is 103 Å². The minimum absolute atomic E-state index is 0. The molecular formula is C67H97ClN14Na4O25S4. The Labute approximate surface area is 765 Å². The van der Waals surface area contributed by atoms with Gasteiger partial charge in [0.2, 0.25) is 47.3 Å². The van der Waals surface area contributed by atoms with E-state index in [-0.39, 0.29) is 169 Å². The summed E-state index contributed by atoms with van der Waals surface area (Å²) in [6, 6.07) is 6.60. The van der Waals surface area contributed by atoms with Gasteiger partial charge in [0, 0.05) is 60.0 Å². The zero-order chi connectivity index (χ0) is 83.7. The van der Waals surface area contributed by atoms with Gasteiger partial charge < -0.3 is 88.4 Å². The van der Waals surface area contributed by atoms with Crippen molar-refractivity contribution in [2.45, 2.75) is 153 Å². The van der Waals surface area contributed by atoms with Crippen LogP contribution >= 0.6 is 11.6 Å². The van der Waals surface area contributed by atoms with E-state index in [0.717, 1.165) is 13.8 Å². The quantitative estimate of drug-likeness (QED) is 0.00845. The van der Waals surface area contributed by atoms with E-state index >= 15 is 0 Å². The van der Waals surface area contributed by atoms with E-state index < -0.39 is 248 Å². The number of aliphatic hydroxyl groups excluding tert-OH is 2. The molecular weight excluding hydrogens is 1660 g/mol. The molecule has 15 N–H and O–H groups in total. The molecule has 8 amide bonds. The zero-order valence-electron chi connectivity index (χ0n) is 65.5. The molecule has 39 nitrogen and oxygen atoms in total. The number of nitrogens with one attached hydrogen (secondary N) is 13. The summed E-state index contributed by atoms with van der Waals surface area (Å²) >= 11 is 6.19. The Hall–Kier alpha value is -4.57. The van der Waals surface area contributed by atoms with Gasteiger partial charge in [-0.15, -0.1) is 25.3 Å². The largest absolute Gasteiger partial charge is 1.00 e. The van der Waals surface area contributed by atoms with Crippen LogP contribution in [-0.2, 0) is 95.8 Å². The van der Waals surface area contributed by atoms with E-state index in [2.05, 4.69) is 88.2 Å². The van der Waals surface area contributed by atoms with E-state index in [1.807, 2.05) is 0 Å². The van der Waals surface area contributed by atoms with Crippen LogP contribution in [0.4, 0.5) is 0 Å². The molecule has 13 atom stereocenters. The number of hydrogen-bond acceptors (Lipinski definition) is 31. The molecule has 0 radical (unpaired) electrons. The number of nitrogens with zero attached hydrogens (tertiary/aromatic N) is 1. The van der Waals surface area contributed by atoms with Gasteiger partial charge in [-0.2, -0.15) is 0 Å². The number of Topliss-reactive ketones (excluding diaryl/α,β-unsaturated/α-hetero) is 3. The fourth-order valence-electron chi connectivity index (χ4n) is 11.1. The molecule has 0 saturated carbocycles. The number of amides is 8. The summed E-state index contributed by atoms with van der Waals surface area (Å²) in [6.45, 7) is 6.41. The Morgan fingerprint density at radius 3 is 1.69 bits per heavy atom. The van der Waals surface area contributed by atoms with Crippen molar-refractivity contribution in [2.24, 2.45) is 23.7 Å². The Morgan fingerprint density at radius 1 is 0.635 bits per heavy atom. The number of carbonyl (C=O) groups is 11. The van der Waals surface area contributed by atoms with Gasteiger partial charge in [-0.05, 0) is 127 Å². The number of aliphatic hydroxyl groups is 2. The number of pyridine rings is 1. The number of aromatic nitrogens is 1. The van der Waals surface area contributed by atoms with Crippen LogP contribution in [0.5, 0.6) is 0 Å². The van der Waals surface area contributed by atoms with E-state index in [9.17, 15) is 88.9 Å². The third kappa shape index (κ3) is 47.3.